The van der Waals surface area contributed by atoms with Crippen LogP contribution in [-0.2, 0) is 14.8 Å². The van der Waals surface area contributed by atoms with E-state index in [1.165, 1.54) is 6.07 Å². The molecule has 1 saturated heterocycles. The van der Waals surface area contributed by atoms with Crippen LogP contribution < -0.4 is 15.8 Å². The summed E-state index contributed by atoms with van der Waals surface area (Å²) in [6.07, 6.45) is 2.44. The van der Waals surface area contributed by atoms with Crippen LogP contribution in [0.15, 0.2) is 23.1 Å². The Labute approximate surface area is 125 Å². The average Bonchev–Trinajstić information content (AvgIpc) is 2.41. The van der Waals surface area contributed by atoms with Gasteiger partial charge < -0.3 is 10.6 Å². The summed E-state index contributed by atoms with van der Waals surface area (Å²) in [4.78, 5) is 12.1. The number of amides is 1. The molecule has 1 amide bonds. The van der Waals surface area contributed by atoms with E-state index in [2.05, 4.69) is 10.6 Å². The smallest absolute Gasteiger partial charge is 0.238 e. The lowest BCUT2D eigenvalue weighted by atomic mass is 9.94. The number of rotatable bonds is 4. The molecule has 0 saturated carbocycles. The summed E-state index contributed by atoms with van der Waals surface area (Å²) < 4.78 is 22.9. The van der Waals surface area contributed by atoms with Crippen molar-refractivity contribution in [1.82, 2.24) is 5.32 Å². The van der Waals surface area contributed by atoms with Crippen molar-refractivity contribution in [1.29, 1.82) is 0 Å². The summed E-state index contributed by atoms with van der Waals surface area (Å²) >= 11 is 0. The molecule has 1 aliphatic heterocycles. The molecule has 1 fully saturated rings. The molecule has 1 heterocycles. The normalized spacial score (nSPS) is 16.7. The highest BCUT2D eigenvalue weighted by molar-refractivity contribution is 7.89. The largest absolute Gasteiger partial charge is 0.326 e. The molecular weight excluding hydrogens is 290 g/mol. The van der Waals surface area contributed by atoms with E-state index in [1.807, 2.05) is 0 Å². The van der Waals surface area contributed by atoms with Crippen LogP contribution in [0.4, 0.5) is 5.69 Å². The Balaban J connectivity index is 2.07. The SMILES string of the molecule is Cc1c(NC(=O)CC2CCNCC2)cccc1S(N)(=O)=O. The molecule has 1 aliphatic rings. The quantitative estimate of drug-likeness (QED) is 0.771. The van der Waals surface area contributed by atoms with Crippen LogP contribution in [0.5, 0.6) is 0 Å². The summed E-state index contributed by atoms with van der Waals surface area (Å²) in [5.41, 5.74) is 0.971. The number of nitrogens with one attached hydrogen (secondary N) is 2. The van der Waals surface area contributed by atoms with Crippen molar-refractivity contribution in [2.75, 3.05) is 18.4 Å². The minimum atomic E-state index is -3.78. The van der Waals surface area contributed by atoms with Crippen molar-refractivity contribution in [3.05, 3.63) is 23.8 Å². The molecular formula is C14H21N3O3S. The van der Waals surface area contributed by atoms with Gasteiger partial charge in [0.2, 0.25) is 15.9 Å². The zero-order chi connectivity index (χ0) is 15.5. The highest BCUT2D eigenvalue weighted by Gasteiger charge is 2.19. The number of primary sulfonamides is 1. The van der Waals surface area contributed by atoms with Gasteiger partial charge in [0.1, 0.15) is 0 Å². The molecule has 21 heavy (non-hydrogen) atoms. The third kappa shape index (κ3) is 4.26. The standard InChI is InChI=1S/C14H21N3O3S/c1-10-12(3-2-4-13(10)21(15,19)20)17-14(18)9-11-5-7-16-8-6-11/h2-4,11,16H,5-9H2,1H3,(H,17,18)(H2,15,19,20). The Bertz CT molecular complexity index is 622. The lowest BCUT2D eigenvalue weighted by molar-refractivity contribution is -0.117. The summed E-state index contributed by atoms with van der Waals surface area (Å²) in [5, 5.41) is 11.2. The molecule has 0 atom stereocenters. The minimum absolute atomic E-state index is 0.0437. The van der Waals surface area contributed by atoms with E-state index in [1.54, 1.807) is 19.1 Å². The Morgan fingerprint density at radius 1 is 1.38 bits per heavy atom. The predicted molar refractivity (Wildman–Crippen MR) is 81.4 cm³/mol. The zero-order valence-corrected chi connectivity index (χ0v) is 12.9. The van der Waals surface area contributed by atoms with Gasteiger partial charge in [0.05, 0.1) is 4.90 Å². The summed E-state index contributed by atoms with van der Waals surface area (Å²) in [7, 11) is -3.78. The van der Waals surface area contributed by atoms with Crippen LogP contribution in [0.2, 0.25) is 0 Å². The highest BCUT2D eigenvalue weighted by atomic mass is 32.2. The molecule has 1 aromatic carbocycles. The first-order chi connectivity index (χ1) is 9.88. The fourth-order valence-corrected chi connectivity index (χ4v) is 3.41. The average molecular weight is 311 g/mol. The number of hydrogen-bond acceptors (Lipinski definition) is 4. The Morgan fingerprint density at radius 2 is 2.05 bits per heavy atom. The van der Waals surface area contributed by atoms with E-state index in [-0.39, 0.29) is 10.8 Å². The van der Waals surface area contributed by atoms with E-state index >= 15 is 0 Å². The molecule has 1 aromatic rings. The van der Waals surface area contributed by atoms with Gasteiger partial charge in [0.15, 0.2) is 0 Å². The number of carbonyl (C=O) groups is 1. The Morgan fingerprint density at radius 3 is 2.67 bits per heavy atom. The van der Waals surface area contributed by atoms with Crippen LogP contribution in [0.3, 0.4) is 0 Å². The number of carbonyl (C=O) groups excluding carboxylic acids is 1. The van der Waals surface area contributed by atoms with Crippen molar-refractivity contribution in [3.63, 3.8) is 0 Å². The van der Waals surface area contributed by atoms with E-state index in [0.717, 1.165) is 25.9 Å². The third-order valence-electron chi connectivity index (χ3n) is 3.80. The van der Waals surface area contributed by atoms with Crippen LogP contribution in [-0.4, -0.2) is 27.4 Å². The van der Waals surface area contributed by atoms with Crippen LogP contribution in [0, 0.1) is 12.8 Å². The lowest BCUT2D eigenvalue weighted by Gasteiger charge is -2.22. The first kappa shape index (κ1) is 15.9. The van der Waals surface area contributed by atoms with Crippen molar-refractivity contribution in [3.8, 4) is 0 Å². The topological polar surface area (TPSA) is 101 Å². The van der Waals surface area contributed by atoms with Gasteiger partial charge in [-0.1, -0.05) is 6.07 Å². The highest BCUT2D eigenvalue weighted by Crippen LogP contribution is 2.23. The molecule has 116 valence electrons. The Hall–Kier alpha value is -1.44. The van der Waals surface area contributed by atoms with Crippen molar-refractivity contribution >= 4 is 21.6 Å². The summed E-state index contributed by atoms with van der Waals surface area (Å²) in [6.45, 7) is 3.52. The maximum atomic E-state index is 12.1. The maximum absolute atomic E-state index is 12.1. The first-order valence-corrected chi connectivity index (χ1v) is 8.55. The fraction of sp³-hybridized carbons (Fsp3) is 0.500. The zero-order valence-electron chi connectivity index (χ0n) is 12.1. The van der Waals surface area contributed by atoms with E-state index in [4.69, 9.17) is 5.14 Å². The van der Waals surface area contributed by atoms with Gasteiger partial charge in [0, 0.05) is 12.1 Å². The first-order valence-electron chi connectivity index (χ1n) is 7.01. The van der Waals surface area contributed by atoms with Crippen LogP contribution in [0.1, 0.15) is 24.8 Å². The maximum Gasteiger partial charge on any atom is 0.238 e. The van der Waals surface area contributed by atoms with Gasteiger partial charge in [0.25, 0.3) is 0 Å². The van der Waals surface area contributed by atoms with E-state index < -0.39 is 10.0 Å². The summed E-state index contributed by atoms with van der Waals surface area (Å²) in [5.74, 6) is 0.296. The van der Waals surface area contributed by atoms with Gasteiger partial charge in [-0.15, -0.1) is 0 Å². The molecule has 0 unspecified atom stereocenters. The number of anilines is 1. The molecule has 0 aliphatic carbocycles. The number of benzene rings is 1. The molecule has 4 N–H and O–H groups in total. The Kier molecular flexibility index (Phi) is 4.97. The van der Waals surface area contributed by atoms with Gasteiger partial charge >= 0.3 is 0 Å². The van der Waals surface area contributed by atoms with Gasteiger partial charge in [-0.05, 0) is 56.5 Å². The molecule has 6 nitrogen and oxygen atoms in total. The van der Waals surface area contributed by atoms with Crippen LogP contribution >= 0.6 is 0 Å². The fourth-order valence-electron chi connectivity index (χ4n) is 2.61. The predicted octanol–water partition coefficient (Wildman–Crippen LogP) is 0.971. The third-order valence-corrected chi connectivity index (χ3v) is 4.85. The molecule has 0 bridgehead atoms. The van der Waals surface area contributed by atoms with Gasteiger partial charge in [-0.2, -0.15) is 0 Å². The molecule has 0 aromatic heterocycles. The lowest BCUT2D eigenvalue weighted by Crippen LogP contribution is -2.30. The van der Waals surface area contributed by atoms with Crippen molar-refractivity contribution in [2.45, 2.75) is 31.1 Å². The number of nitrogens with two attached hydrogens (primary N) is 1. The van der Waals surface area contributed by atoms with Crippen molar-refractivity contribution in [2.24, 2.45) is 11.1 Å². The second kappa shape index (κ2) is 6.55. The van der Waals surface area contributed by atoms with E-state index in [0.29, 0.717) is 23.6 Å². The number of piperidine rings is 1. The molecule has 2 rings (SSSR count). The number of hydrogen-bond donors (Lipinski definition) is 3. The van der Waals surface area contributed by atoms with Gasteiger partial charge in [-0.3, -0.25) is 4.79 Å². The van der Waals surface area contributed by atoms with Gasteiger partial charge in [-0.25, -0.2) is 13.6 Å². The number of sulfonamides is 1. The van der Waals surface area contributed by atoms with Crippen LogP contribution in [0.25, 0.3) is 0 Å². The monoisotopic (exact) mass is 311 g/mol. The minimum Gasteiger partial charge on any atom is -0.326 e. The summed E-state index contributed by atoms with van der Waals surface area (Å²) in [6, 6.07) is 4.70. The molecule has 0 spiro atoms. The molecule has 0 radical (unpaired) electrons. The van der Waals surface area contributed by atoms with Crippen molar-refractivity contribution < 1.29 is 13.2 Å². The second-order valence-corrected chi connectivity index (χ2v) is 6.95. The molecule has 7 heteroatoms. The second-order valence-electron chi connectivity index (χ2n) is 5.42. The van der Waals surface area contributed by atoms with E-state index in [9.17, 15) is 13.2 Å².